The van der Waals surface area contributed by atoms with E-state index in [0.717, 1.165) is 42.4 Å². The van der Waals surface area contributed by atoms with Gasteiger partial charge in [0.2, 0.25) is 5.95 Å². The summed E-state index contributed by atoms with van der Waals surface area (Å²) in [6.07, 6.45) is 5.42. The first kappa shape index (κ1) is 28.0. The molecule has 1 aliphatic heterocycles. The van der Waals surface area contributed by atoms with Gasteiger partial charge in [0.25, 0.3) is 12.3 Å². The van der Waals surface area contributed by atoms with Gasteiger partial charge in [0, 0.05) is 56.5 Å². The Hall–Kier alpha value is -4.53. The number of halogens is 3. The minimum Gasteiger partial charge on any atom is -0.494 e. The number of nitrogens with zero attached hydrogens (tertiary/aromatic N) is 8. The second-order valence-electron chi connectivity index (χ2n) is 9.36. The van der Waals surface area contributed by atoms with Crippen LogP contribution in [0.15, 0.2) is 36.9 Å². The van der Waals surface area contributed by atoms with Gasteiger partial charge in [-0.2, -0.15) is 5.10 Å². The average molecular weight is 572 g/mol. The van der Waals surface area contributed by atoms with Crippen molar-refractivity contribution in [2.45, 2.75) is 39.0 Å². The molecule has 0 spiro atoms. The largest absolute Gasteiger partial charge is 0.494 e. The number of hydrogen-bond acceptors (Lipinski definition) is 9. The van der Waals surface area contributed by atoms with Gasteiger partial charge in [0.1, 0.15) is 11.4 Å². The summed E-state index contributed by atoms with van der Waals surface area (Å²) >= 11 is 0. The lowest BCUT2D eigenvalue weighted by Crippen LogP contribution is -2.25. The fraction of sp³-hybridized carbons (Fsp3) is 0.385. The highest BCUT2D eigenvalue weighted by Crippen LogP contribution is 2.27. The number of rotatable bonds is 11. The third-order valence-corrected chi connectivity index (χ3v) is 6.60. The smallest absolute Gasteiger partial charge is 0.283 e. The number of amides is 1. The molecule has 4 heterocycles. The van der Waals surface area contributed by atoms with E-state index in [1.54, 1.807) is 23.3 Å². The van der Waals surface area contributed by atoms with Gasteiger partial charge in [-0.05, 0) is 25.0 Å². The summed E-state index contributed by atoms with van der Waals surface area (Å²) < 4.78 is 54.3. The molecular weight excluding hydrogens is 543 g/mol. The summed E-state index contributed by atoms with van der Waals surface area (Å²) in [6.45, 7) is 1.96. The van der Waals surface area contributed by atoms with Crippen molar-refractivity contribution in [3.63, 3.8) is 0 Å². The average Bonchev–Trinajstić information content (AvgIpc) is 3.74. The molecular formula is C26H28F3N9O3. The molecule has 4 aromatic rings. The van der Waals surface area contributed by atoms with Crippen LogP contribution in [-0.2, 0) is 24.4 Å². The van der Waals surface area contributed by atoms with Crippen LogP contribution in [0.5, 0.6) is 5.75 Å². The zero-order valence-electron chi connectivity index (χ0n) is 22.4. The standard InChI is InChI=1S/C26H28F3N9O3/c1-40-15-20-18(13-37(34-20)12-16-9-31-26(32-10-16)36-7-3-4-8-36)25(39)30-11-17-21(5-6-22(41-2)23(17)27)38-14-19(24(28)29)33-35-38/h5-6,9-10,13-14,24H,3-4,7-8,11-12,15H2,1-2H3,(H,30,39). The first-order valence-electron chi connectivity index (χ1n) is 12.8. The topological polar surface area (TPSA) is 125 Å². The van der Waals surface area contributed by atoms with Crippen LogP contribution in [0.2, 0.25) is 0 Å². The summed E-state index contributed by atoms with van der Waals surface area (Å²) in [5.74, 6) is -0.709. The van der Waals surface area contributed by atoms with Crippen molar-refractivity contribution in [1.29, 1.82) is 0 Å². The number of aromatic nitrogens is 7. The predicted octanol–water partition coefficient (Wildman–Crippen LogP) is 3.06. The molecule has 0 aliphatic carbocycles. The molecule has 1 aliphatic rings. The molecule has 3 aromatic heterocycles. The number of alkyl halides is 2. The lowest BCUT2D eigenvalue weighted by molar-refractivity contribution is 0.0945. The highest BCUT2D eigenvalue weighted by molar-refractivity contribution is 5.95. The van der Waals surface area contributed by atoms with Crippen LogP contribution in [0, 0.1) is 5.82 Å². The number of ether oxygens (including phenoxy) is 2. The summed E-state index contributed by atoms with van der Waals surface area (Å²) in [5, 5.41) is 14.3. The molecule has 1 saturated heterocycles. The quantitative estimate of drug-likeness (QED) is 0.289. The lowest BCUT2D eigenvalue weighted by Gasteiger charge is -2.14. The molecule has 1 aromatic carbocycles. The Morgan fingerprint density at radius 2 is 1.88 bits per heavy atom. The first-order valence-corrected chi connectivity index (χ1v) is 12.8. The van der Waals surface area contributed by atoms with Crippen LogP contribution in [0.1, 0.15) is 52.1 Å². The Bertz CT molecular complexity index is 1500. The minimum atomic E-state index is -2.85. The molecule has 1 fully saturated rings. The molecule has 0 radical (unpaired) electrons. The van der Waals surface area contributed by atoms with Crippen molar-refractivity contribution >= 4 is 11.9 Å². The Labute approximate surface area is 233 Å². The van der Waals surface area contributed by atoms with Crippen molar-refractivity contribution in [2.75, 3.05) is 32.2 Å². The van der Waals surface area contributed by atoms with Gasteiger partial charge in [0.15, 0.2) is 11.6 Å². The molecule has 0 atom stereocenters. The van der Waals surface area contributed by atoms with Gasteiger partial charge < -0.3 is 19.7 Å². The second kappa shape index (κ2) is 12.3. The summed E-state index contributed by atoms with van der Waals surface area (Å²) in [7, 11) is 2.77. The minimum absolute atomic E-state index is 0.0284. The molecule has 15 heteroatoms. The van der Waals surface area contributed by atoms with Gasteiger partial charge >= 0.3 is 0 Å². The van der Waals surface area contributed by atoms with Crippen molar-refractivity contribution in [2.24, 2.45) is 0 Å². The van der Waals surface area contributed by atoms with E-state index < -0.39 is 23.8 Å². The van der Waals surface area contributed by atoms with Gasteiger partial charge in [-0.1, -0.05) is 5.21 Å². The van der Waals surface area contributed by atoms with Crippen LogP contribution in [0.3, 0.4) is 0 Å². The maximum atomic E-state index is 15.3. The SMILES string of the molecule is COCc1nn(Cc2cnc(N3CCCC3)nc2)cc1C(=O)NCc1c(-n2cc(C(F)F)nn2)ccc(OC)c1F. The van der Waals surface area contributed by atoms with Crippen LogP contribution in [0.25, 0.3) is 5.69 Å². The zero-order valence-corrected chi connectivity index (χ0v) is 22.4. The highest BCUT2D eigenvalue weighted by atomic mass is 19.3. The Balaban J connectivity index is 1.34. The van der Waals surface area contributed by atoms with Gasteiger partial charge in [-0.15, -0.1) is 5.10 Å². The fourth-order valence-electron chi connectivity index (χ4n) is 4.56. The fourth-order valence-corrected chi connectivity index (χ4v) is 4.56. The molecule has 0 unspecified atom stereocenters. The van der Waals surface area contributed by atoms with Crippen molar-refractivity contribution in [3.05, 3.63) is 70.8 Å². The summed E-state index contributed by atoms with van der Waals surface area (Å²) in [6, 6.07) is 2.78. The number of hydrogen-bond donors (Lipinski definition) is 1. The second-order valence-corrected chi connectivity index (χ2v) is 9.36. The van der Waals surface area contributed by atoms with E-state index in [0.29, 0.717) is 18.2 Å². The number of anilines is 1. The molecule has 216 valence electrons. The number of nitrogens with one attached hydrogen (secondary N) is 1. The van der Waals surface area contributed by atoms with Gasteiger partial charge in [-0.3, -0.25) is 9.48 Å². The van der Waals surface area contributed by atoms with Crippen molar-refractivity contribution in [1.82, 2.24) is 40.1 Å². The number of carbonyl (C=O) groups excluding carboxylic acids is 1. The van der Waals surface area contributed by atoms with Crippen LogP contribution >= 0.6 is 0 Å². The van der Waals surface area contributed by atoms with E-state index in [1.165, 1.54) is 26.4 Å². The highest BCUT2D eigenvalue weighted by Gasteiger charge is 2.22. The zero-order chi connectivity index (χ0) is 28.9. The van der Waals surface area contributed by atoms with E-state index in [-0.39, 0.29) is 35.7 Å². The van der Waals surface area contributed by atoms with E-state index in [2.05, 4.69) is 35.6 Å². The van der Waals surface area contributed by atoms with E-state index in [9.17, 15) is 13.6 Å². The first-order chi connectivity index (χ1) is 19.9. The summed E-state index contributed by atoms with van der Waals surface area (Å²) in [5.41, 5.74) is 0.928. The maximum absolute atomic E-state index is 15.3. The van der Waals surface area contributed by atoms with Crippen LogP contribution < -0.4 is 15.0 Å². The third-order valence-electron chi connectivity index (χ3n) is 6.60. The molecule has 12 nitrogen and oxygen atoms in total. The van der Waals surface area contributed by atoms with Gasteiger partial charge in [-0.25, -0.2) is 27.8 Å². The number of methoxy groups -OCH3 is 2. The number of benzene rings is 1. The normalized spacial score (nSPS) is 13.3. The molecule has 0 bridgehead atoms. The van der Waals surface area contributed by atoms with Crippen molar-refractivity contribution in [3.8, 4) is 11.4 Å². The van der Waals surface area contributed by atoms with Crippen molar-refractivity contribution < 1.29 is 27.4 Å². The Kier molecular flexibility index (Phi) is 8.42. The number of carbonyl (C=O) groups is 1. The Morgan fingerprint density at radius 1 is 1.12 bits per heavy atom. The van der Waals surface area contributed by atoms with Crippen LogP contribution in [-0.4, -0.2) is 68.0 Å². The molecule has 0 saturated carbocycles. The molecule has 5 rings (SSSR count). The molecule has 1 N–H and O–H groups in total. The monoisotopic (exact) mass is 571 g/mol. The molecule has 41 heavy (non-hydrogen) atoms. The maximum Gasteiger partial charge on any atom is 0.283 e. The van der Waals surface area contributed by atoms with Gasteiger partial charge in [0.05, 0.1) is 37.7 Å². The third kappa shape index (κ3) is 6.14. The van der Waals surface area contributed by atoms with E-state index >= 15 is 4.39 Å². The van der Waals surface area contributed by atoms with E-state index in [1.807, 2.05) is 0 Å². The molecule has 1 amide bonds. The van der Waals surface area contributed by atoms with Crippen LogP contribution in [0.4, 0.5) is 19.1 Å². The summed E-state index contributed by atoms with van der Waals surface area (Å²) in [4.78, 5) is 24.3. The predicted molar refractivity (Wildman–Crippen MR) is 140 cm³/mol. The lowest BCUT2D eigenvalue weighted by atomic mass is 10.1. The Morgan fingerprint density at radius 3 is 2.54 bits per heavy atom. The van der Waals surface area contributed by atoms with E-state index in [4.69, 9.17) is 9.47 Å².